The lowest BCUT2D eigenvalue weighted by atomic mass is 10.1. The Morgan fingerprint density at radius 3 is 2.85 bits per heavy atom. The van der Waals surface area contributed by atoms with Crippen LogP contribution in [0.5, 0.6) is 0 Å². The van der Waals surface area contributed by atoms with Crippen LogP contribution in [0.15, 0.2) is 47.8 Å². The first-order valence-corrected chi connectivity index (χ1v) is 9.09. The van der Waals surface area contributed by atoms with E-state index in [0.29, 0.717) is 12.1 Å². The summed E-state index contributed by atoms with van der Waals surface area (Å²) < 4.78 is 5.22. The molecule has 3 heterocycles. The Bertz CT molecular complexity index is 971. The number of nitrogens with zero attached hydrogens (tertiary/aromatic N) is 2. The monoisotopic (exact) mass is 368 g/mol. The van der Waals surface area contributed by atoms with Gasteiger partial charge in [0.1, 0.15) is 0 Å². The number of ether oxygens (including phenoxy) is 1. The van der Waals surface area contributed by atoms with Gasteiger partial charge in [-0.2, -0.15) is 0 Å². The molecule has 1 aliphatic heterocycles. The number of aliphatic carboxylic acids is 1. The Labute approximate surface area is 153 Å². The quantitative estimate of drug-likeness (QED) is 0.769. The lowest BCUT2D eigenvalue weighted by Gasteiger charge is -2.31. The fourth-order valence-corrected chi connectivity index (χ4v) is 3.74. The maximum Gasteiger partial charge on any atom is 0.334 e. The minimum absolute atomic E-state index is 0.0408. The normalized spacial score (nSPS) is 17.4. The second kappa shape index (κ2) is 6.86. The van der Waals surface area contributed by atoms with Crippen molar-refractivity contribution in [2.24, 2.45) is 0 Å². The molecular formula is C19H16N2O4S. The number of carbonyl (C=O) groups is 2. The average molecular weight is 368 g/mol. The van der Waals surface area contributed by atoms with E-state index >= 15 is 0 Å². The van der Waals surface area contributed by atoms with Gasteiger partial charge in [-0.3, -0.25) is 4.79 Å². The maximum absolute atomic E-state index is 13.2. The molecule has 0 saturated carbocycles. The average Bonchev–Trinajstić information content (AvgIpc) is 3.21. The number of hydrogen-bond donors (Lipinski definition) is 1. The molecule has 6 nitrogen and oxygen atoms in total. The topological polar surface area (TPSA) is 79.7 Å². The van der Waals surface area contributed by atoms with Gasteiger partial charge in [0.05, 0.1) is 34.8 Å². The van der Waals surface area contributed by atoms with Crippen LogP contribution in [-0.2, 0) is 9.53 Å². The molecule has 26 heavy (non-hydrogen) atoms. The lowest BCUT2D eigenvalue weighted by Crippen LogP contribution is -2.48. The molecule has 0 aliphatic carbocycles. The van der Waals surface area contributed by atoms with Gasteiger partial charge in [0, 0.05) is 11.9 Å². The van der Waals surface area contributed by atoms with Crippen molar-refractivity contribution in [2.45, 2.75) is 6.10 Å². The Balaban J connectivity index is 1.77. The Morgan fingerprint density at radius 2 is 2.08 bits per heavy atom. The molecule has 4 rings (SSSR count). The number of thiophene rings is 1. The molecule has 1 atom stereocenters. The van der Waals surface area contributed by atoms with E-state index in [4.69, 9.17) is 4.74 Å². The largest absolute Gasteiger partial charge is 0.479 e. The summed E-state index contributed by atoms with van der Waals surface area (Å²) >= 11 is 1.56. The summed E-state index contributed by atoms with van der Waals surface area (Å²) in [4.78, 5) is 31.6. The molecule has 0 spiro atoms. The van der Waals surface area contributed by atoms with Crippen molar-refractivity contribution < 1.29 is 19.4 Å². The minimum Gasteiger partial charge on any atom is -0.479 e. The molecule has 3 aromatic rings. The van der Waals surface area contributed by atoms with Gasteiger partial charge in [-0.1, -0.05) is 24.3 Å². The highest BCUT2D eigenvalue weighted by molar-refractivity contribution is 7.13. The number of pyridine rings is 1. The van der Waals surface area contributed by atoms with E-state index in [2.05, 4.69) is 4.98 Å². The van der Waals surface area contributed by atoms with Gasteiger partial charge in [-0.05, 0) is 23.6 Å². The van der Waals surface area contributed by atoms with Crippen LogP contribution in [0.25, 0.3) is 21.5 Å². The molecule has 1 aliphatic rings. The summed E-state index contributed by atoms with van der Waals surface area (Å²) in [5, 5.41) is 11.9. The van der Waals surface area contributed by atoms with Gasteiger partial charge >= 0.3 is 5.97 Å². The van der Waals surface area contributed by atoms with Crippen molar-refractivity contribution in [3.8, 4) is 10.6 Å². The first kappa shape index (κ1) is 16.7. The number of benzene rings is 1. The van der Waals surface area contributed by atoms with Crippen molar-refractivity contribution in [3.63, 3.8) is 0 Å². The number of amides is 1. The lowest BCUT2D eigenvalue weighted by molar-refractivity contribution is -0.154. The molecular weight excluding hydrogens is 352 g/mol. The third-order valence-corrected chi connectivity index (χ3v) is 5.24. The summed E-state index contributed by atoms with van der Waals surface area (Å²) in [5.74, 6) is -1.25. The Hall–Kier alpha value is -2.77. The van der Waals surface area contributed by atoms with Crippen LogP contribution in [0, 0.1) is 0 Å². The maximum atomic E-state index is 13.2. The zero-order valence-corrected chi connectivity index (χ0v) is 14.6. The van der Waals surface area contributed by atoms with Crippen LogP contribution < -0.4 is 0 Å². The third-order valence-electron chi connectivity index (χ3n) is 4.35. The highest BCUT2D eigenvalue weighted by atomic mass is 32.1. The van der Waals surface area contributed by atoms with Gasteiger partial charge in [-0.25, -0.2) is 9.78 Å². The molecule has 0 unspecified atom stereocenters. The number of hydrogen-bond acceptors (Lipinski definition) is 5. The van der Waals surface area contributed by atoms with Crippen molar-refractivity contribution >= 4 is 34.1 Å². The Morgan fingerprint density at radius 1 is 1.23 bits per heavy atom. The molecule has 1 N–H and O–H groups in total. The predicted molar refractivity (Wildman–Crippen MR) is 98.3 cm³/mol. The van der Waals surface area contributed by atoms with Gasteiger partial charge in [0.2, 0.25) is 0 Å². The summed E-state index contributed by atoms with van der Waals surface area (Å²) in [5.41, 5.74) is 2.01. The molecule has 132 valence electrons. The number of carboxylic acids is 1. The molecule has 1 aromatic carbocycles. The number of fused-ring (bicyclic) bond motifs is 1. The molecule has 1 fully saturated rings. The molecule has 7 heteroatoms. The van der Waals surface area contributed by atoms with E-state index in [9.17, 15) is 14.7 Å². The first-order chi connectivity index (χ1) is 12.6. The number of carboxylic acid groups (broad SMARTS) is 1. The molecule has 2 aromatic heterocycles. The summed E-state index contributed by atoms with van der Waals surface area (Å²) in [6.45, 7) is 0.621. The second-order valence-electron chi connectivity index (χ2n) is 6.00. The van der Waals surface area contributed by atoms with E-state index in [1.165, 1.54) is 0 Å². The van der Waals surface area contributed by atoms with E-state index < -0.39 is 12.1 Å². The minimum atomic E-state index is -1.05. The number of para-hydroxylation sites is 1. The number of aromatic nitrogens is 1. The molecule has 1 amide bonds. The summed E-state index contributed by atoms with van der Waals surface area (Å²) in [6.07, 6.45) is -0.988. The second-order valence-corrected chi connectivity index (χ2v) is 6.95. The van der Waals surface area contributed by atoms with Gasteiger partial charge in [0.25, 0.3) is 5.91 Å². The van der Waals surface area contributed by atoms with Crippen molar-refractivity contribution in [1.82, 2.24) is 9.88 Å². The Kier molecular flexibility index (Phi) is 4.40. The fourth-order valence-electron chi connectivity index (χ4n) is 3.06. The highest BCUT2D eigenvalue weighted by Gasteiger charge is 2.30. The highest BCUT2D eigenvalue weighted by Crippen LogP contribution is 2.28. The number of morpholine rings is 1. The molecule has 0 radical (unpaired) electrons. The number of rotatable bonds is 3. The smallest absolute Gasteiger partial charge is 0.334 e. The van der Waals surface area contributed by atoms with Crippen LogP contribution in [0.3, 0.4) is 0 Å². The summed E-state index contributed by atoms with van der Waals surface area (Å²) in [6, 6.07) is 13.2. The number of carbonyl (C=O) groups excluding carboxylic acids is 1. The zero-order valence-electron chi connectivity index (χ0n) is 13.8. The standard InChI is InChI=1S/C19H16N2O4S/c22-18(21-7-8-25-16(11-21)19(23)24)13-10-15(17-6-3-9-26-17)20-14-5-2-1-4-12(13)14/h1-6,9-10,16H,7-8,11H2,(H,23,24)/t16-/m1/s1. The van der Waals surface area contributed by atoms with Crippen LogP contribution in [-0.4, -0.2) is 52.7 Å². The van der Waals surface area contributed by atoms with E-state index in [0.717, 1.165) is 21.5 Å². The van der Waals surface area contributed by atoms with Crippen molar-refractivity contribution in [2.75, 3.05) is 19.7 Å². The van der Waals surface area contributed by atoms with Crippen LogP contribution in [0.4, 0.5) is 0 Å². The van der Waals surface area contributed by atoms with Gasteiger partial charge in [0.15, 0.2) is 6.10 Å². The van der Waals surface area contributed by atoms with Crippen LogP contribution in [0.1, 0.15) is 10.4 Å². The van der Waals surface area contributed by atoms with Gasteiger partial charge < -0.3 is 14.7 Å². The van der Waals surface area contributed by atoms with E-state index in [-0.39, 0.29) is 19.1 Å². The van der Waals surface area contributed by atoms with Crippen molar-refractivity contribution in [1.29, 1.82) is 0 Å². The van der Waals surface area contributed by atoms with Crippen molar-refractivity contribution in [3.05, 3.63) is 53.4 Å². The molecule has 0 bridgehead atoms. The summed E-state index contributed by atoms with van der Waals surface area (Å²) in [7, 11) is 0. The predicted octanol–water partition coefficient (Wildman–Crippen LogP) is 2.89. The van der Waals surface area contributed by atoms with Crippen LogP contribution >= 0.6 is 11.3 Å². The van der Waals surface area contributed by atoms with Crippen LogP contribution in [0.2, 0.25) is 0 Å². The van der Waals surface area contributed by atoms with Gasteiger partial charge in [-0.15, -0.1) is 11.3 Å². The molecule has 1 saturated heterocycles. The SMILES string of the molecule is O=C(O)[C@H]1CN(C(=O)c2cc(-c3cccs3)nc3ccccc23)CCO1. The van der Waals surface area contributed by atoms with E-state index in [1.54, 1.807) is 22.3 Å². The van der Waals surface area contributed by atoms with E-state index in [1.807, 2.05) is 41.8 Å². The zero-order chi connectivity index (χ0) is 18.1. The fraction of sp³-hybridized carbons (Fsp3) is 0.211. The third kappa shape index (κ3) is 3.07. The first-order valence-electron chi connectivity index (χ1n) is 8.21.